The summed E-state index contributed by atoms with van der Waals surface area (Å²) in [5, 5.41) is 19.9. The van der Waals surface area contributed by atoms with Gasteiger partial charge in [0.2, 0.25) is 0 Å². The normalized spacial score (nSPS) is 21.3. The fourth-order valence-corrected chi connectivity index (χ4v) is 4.74. The van der Waals surface area contributed by atoms with Crippen LogP contribution in [0.15, 0.2) is 65.7 Å². The van der Waals surface area contributed by atoms with E-state index in [4.69, 9.17) is 0 Å². The number of amides is 1. The van der Waals surface area contributed by atoms with E-state index in [1.807, 2.05) is 36.4 Å². The van der Waals surface area contributed by atoms with Crippen molar-refractivity contribution in [1.82, 2.24) is 4.90 Å². The zero-order chi connectivity index (χ0) is 18.9. The molecule has 1 amide bonds. The summed E-state index contributed by atoms with van der Waals surface area (Å²) in [5.74, 6) is -0.270. The topological polar surface area (TPSA) is 77.6 Å². The van der Waals surface area contributed by atoms with Crippen molar-refractivity contribution < 1.29 is 19.9 Å². The summed E-state index contributed by atoms with van der Waals surface area (Å²) in [6.45, 7) is 0.158. The highest BCUT2D eigenvalue weighted by molar-refractivity contribution is 8.16. The summed E-state index contributed by atoms with van der Waals surface area (Å²) < 4.78 is -1.22. The first kappa shape index (κ1) is 18.2. The number of benzene rings is 2. The SMILES string of the molecule is O=C1N2C[NH+](C(c3ccccc3)c3ccccc3)CN=C2SC1(CO)CO. The van der Waals surface area contributed by atoms with Crippen LogP contribution in [-0.4, -0.2) is 57.5 Å². The van der Waals surface area contributed by atoms with Gasteiger partial charge in [0.1, 0.15) is 10.8 Å². The van der Waals surface area contributed by atoms with Crippen LogP contribution in [-0.2, 0) is 4.79 Å². The maximum Gasteiger partial charge on any atom is 0.254 e. The van der Waals surface area contributed by atoms with E-state index < -0.39 is 18.0 Å². The summed E-state index contributed by atoms with van der Waals surface area (Å²) in [5.41, 5.74) is 2.32. The van der Waals surface area contributed by atoms with E-state index in [1.165, 1.54) is 11.8 Å². The largest absolute Gasteiger partial charge is 0.394 e. The minimum Gasteiger partial charge on any atom is -0.394 e. The molecular weight excluding hydrogens is 362 g/mol. The second-order valence-electron chi connectivity index (χ2n) is 6.82. The number of nitrogens with one attached hydrogen (secondary N) is 1. The fraction of sp³-hybridized carbons (Fsp3) is 0.300. The molecule has 0 aromatic heterocycles. The summed E-state index contributed by atoms with van der Waals surface area (Å²) in [4.78, 5) is 20.2. The minimum absolute atomic E-state index is 0.0359. The average molecular weight is 384 g/mol. The van der Waals surface area contributed by atoms with Crippen molar-refractivity contribution in [2.75, 3.05) is 26.6 Å². The van der Waals surface area contributed by atoms with Crippen LogP contribution >= 0.6 is 11.8 Å². The lowest BCUT2D eigenvalue weighted by molar-refractivity contribution is -0.933. The maximum absolute atomic E-state index is 12.9. The van der Waals surface area contributed by atoms with E-state index in [0.717, 1.165) is 16.0 Å². The smallest absolute Gasteiger partial charge is 0.254 e. The molecule has 0 saturated carbocycles. The van der Waals surface area contributed by atoms with Crippen LogP contribution in [0.2, 0.25) is 0 Å². The summed E-state index contributed by atoms with van der Waals surface area (Å²) in [7, 11) is 0. The number of hydrogen-bond donors (Lipinski definition) is 3. The Hall–Kier alpha value is -2.19. The first-order valence-electron chi connectivity index (χ1n) is 8.90. The van der Waals surface area contributed by atoms with Gasteiger partial charge >= 0.3 is 0 Å². The van der Waals surface area contributed by atoms with Crippen LogP contribution in [0, 0.1) is 0 Å². The highest BCUT2D eigenvalue weighted by atomic mass is 32.2. The monoisotopic (exact) mass is 384 g/mol. The van der Waals surface area contributed by atoms with Crippen LogP contribution in [0.5, 0.6) is 0 Å². The van der Waals surface area contributed by atoms with Crippen molar-refractivity contribution in [3.8, 4) is 0 Å². The highest BCUT2D eigenvalue weighted by Crippen LogP contribution is 2.37. The molecule has 2 aliphatic rings. The molecule has 0 radical (unpaired) electrons. The number of thioether (sulfide) groups is 1. The van der Waals surface area contributed by atoms with E-state index >= 15 is 0 Å². The first-order valence-corrected chi connectivity index (χ1v) is 9.72. The molecule has 2 aromatic rings. The Bertz CT molecular complexity index is 801. The number of nitrogens with zero attached hydrogens (tertiary/aromatic N) is 2. The van der Waals surface area contributed by atoms with Gasteiger partial charge in [-0.1, -0.05) is 72.4 Å². The van der Waals surface area contributed by atoms with Crippen LogP contribution < -0.4 is 4.90 Å². The Kier molecular flexibility index (Phi) is 5.01. The molecule has 1 fully saturated rings. The molecule has 0 aliphatic carbocycles. The first-order chi connectivity index (χ1) is 13.2. The number of amidine groups is 1. The van der Waals surface area contributed by atoms with Gasteiger partial charge in [-0.25, -0.2) is 9.89 Å². The number of rotatable bonds is 5. The van der Waals surface area contributed by atoms with E-state index in [1.54, 1.807) is 4.90 Å². The van der Waals surface area contributed by atoms with Gasteiger partial charge < -0.3 is 10.2 Å². The Morgan fingerprint density at radius 3 is 2.11 bits per heavy atom. The predicted molar refractivity (Wildman–Crippen MR) is 104 cm³/mol. The van der Waals surface area contributed by atoms with Gasteiger partial charge in [-0.2, -0.15) is 0 Å². The van der Waals surface area contributed by atoms with Crippen molar-refractivity contribution in [2.24, 2.45) is 4.99 Å². The third-order valence-corrected chi connectivity index (χ3v) is 6.47. The lowest BCUT2D eigenvalue weighted by atomic mass is 9.97. The lowest BCUT2D eigenvalue weighted by Gasteiger charge is -2.34. The molecule has 1 saturated heterocycles. The number of quaternary nitrogens is 1. The van der Waals surface area contributed by atoms with E-state index in [9.17, 15) is 15.0 Å². The van der Waals surface area contributed by atoms with Gasteiger partial charge in [0.05, 0.1) is 13.2 Å². The summed E-state index contributed by atoms with van der Waals surface area (Å²) in [6, 6.07) is 20.5. The third kappa shape index (κ3) is 3.17. The lowest BCUT2D eigenvalue weighted by Crippen LogP contribution is -3.14. The van der Waals surface area contributed by atoms with Gasteiger partial charge in [-0.05, 0) is 0 Å². The Morgan fingerprint density at radius 1 is 1.04 bits per heavy atom. The van der Waals surface area contributed by atoms with Crippen LogP contribution in [0.3, 0.4) is 0 Å². The standard InChI is InChI=1S/C20H21N3O3S/c24-11-20(12-25)18(26)23-14-22(13-21-19(23)27-20)17(15-7-3-1-4-8-15)16-9-5-2-6-10-16/h1-10,17,24-25H,11-14H2/p+1. The van der Waals surface area contributed by atoms with Gasteiger partial charge in [0.15, 0.2) is 18.5 Å². The van der Waals surface area contributed by atoms with Crippen LogP contribution in [0.1, 0.15) is 17.2 Å². The molecule has 27 heavy (non-hydrogen) atoms. The van der Waals surface area contributed by atoms with Crippen LogP contribution in [0.25, 0.3) is 0 Å². The van der Waals surface area contributed by atoms with E-state index in [-0.39, 0.29) is 11.9 Å². The molecule has 7 heteroatoms. The van der Waals surface area contributed by atoms with Crippen molar-refractivity contribution in [3.05, 3.63) is 71.8 Å². The zero-order valence-corrected chi connectivity index (χ0v) is 15.6. The summed E-state index contributed by atoms with van der Waals surface area (Å²) in [6.07, 6.45) is 0. The number of aliphatic hydroxyl groups is 2. The van der Waals surface area contributed by atoms with Gasteiger partial charge in [0, 0.05) is 11.1 Å². The number of aliphatic imine (C=N–C) groups is 1. The highest BCUT2D eigenvalue weighted by Gasteiger charge is 2.53. The predicted octanol–water partition coefficient (Wildman–Crippen LogP) is 0.244. The van der Waals surface area contributed by atoms with Gasteiger partial charge in [0.25, 0.3) is 5.91 Å². The van der Waals surface area contributed by atoms with E-state index in [0.29, 0.717) is 18.5 Å². The van der Waals surface area contributed by atoms with E-state index in [2.05, 4.69) is 29.3 Å². The molecular formula is C20H22N3O3S+. The van der Waals surface area contributed by atoms with Crippen molar-refractivity contribution in [3.63, 3.8) is 0 Å². The zero-order valence-electron chi connectivity index (χ0n) is 14.8. The maximum atomic E-state index is 12.9. The minimum atomic E-state index is -1.22. The number of carbonyl (C=O) groups excluding carboxylic acids is 1. The van der Waals surface area contributed by atoms with Gasteiger partial charge in [-0.15, -0.1) is 0 Å². The van der Waals surface area contributed by atoms with Crippen molar-refractivity contribution in [2.45, 2.75) is 10.8 Å². The molecule has 4 rings (SSSR count). The molecule has 140 valence electrons. The Labute approximate surface area is 162 Å². The molecule has 0 bridgehead atoms. The molecule has 2 heterocycles. The molecule has 0 spiro atoms. The molecule has 3 N–H and O–H groups in total. The quantitative estimate of drug-likeness (QED) is 0.690. The van der Waals surface area contributed by atoms with Crippen LogP contribution in [0.4, 0.5) is 0 Å². The van der Waals surface area contributed by atoms with Gasteiger partial charge in [-0.3, -0.25) is 9.69 Å². The number of hydrogen-bond acceptors (Lipinski definition) is 5. The Balaban J connectivity index is 1.67. The number of carbonyl (C=O) groups is 1. The second-order valence-corrected chi connectivity index (χ2v) is 8.17. The van der Waals surface area contributed by atoms with Crippen molar-refractivity contribution >= 4 is 22.8 Å². The second kappa shape index (κ2) is 7.44. The number of fused-ring (bicyclic) bond motifs is 1. The van der Waals surface area contributed by atoms with Crippen molar-refractivity contribution in [1.29, 1.82) is 0 Å². The fourth-order valence-electron chi connectivity index (χ4n) is 3.67. The summed E-state index contributed by atoms with van der Waals surface area (Å²) >= 11 is 1.17. The Morgan fingerprint density at radius 2 is 1.59 bits per heavy atom. The molecule has 6 nitrogen and oxygen atoms in total. The molecule has 1 unspecified atom stereocenters. The molecule has 2 aliphatic heterocycles. The number of aliphatic hydroxyl groups excluding tert-OH is 2. The molecule has 1 atom stereocenters. The average Bonchev–Trinajstić information content (AvgIpc) is 3.02. The molecule has 2 aromatic carbocycles. The third-order valence-electron chi connectivity index (χ3n) is 5.12.